The number of ketones is 2. The Kier molecular flexibility index (Phi) is 4.09. The van der Waals surface area contributed by atoms with E-state index in [4.69, 9.17) is 0 Å². The SMILES string of the molecule is Cc1ccc(SC2=C(N(C)C)C(=O)c3ccccc3C2=O)cc1. The summed E-state index contributed by atoms with van der Waals surface area (Å²) in [5.74, 6) is -0.186. The molecule has 3 nitrogen and oxygen atoms in total. The summed E-state index contributed by atoms with van der Waals surface area (Å²) in [6.07, 6.45) is 0. The molecule has 2 aromatic rings. The topological polar surface area (TPSA) is 37.4 Å². The lowest BCUT2D eigenvalue weighted by Gasteiger charge is -2.25. The number of allylic oxidation sites excluding steroid dienone is 2. The minimum atomic E-state index is -0.0974. The van der Waals surface area contributed by atoms with Crippen LogP contribution in [0.1, 0.15) is 26.3 Å². The molecule has 0 saturated heterocycles. The molecular formula is C19H17NO2S. The summed E-state index contributed by atoms with van der Waals surface area (Å²) < 4.78 is 0. The molecule has 0 saturated carbocycles. The van der Waals surface area contributed by atoms with Crippen LogP contribution in [0.25, 0.3) is 0 Å². The van der Waals surface area contributed by atoms with Gasteiger partial charge in [-0.15, -0.1) is 0 Å². The first-order chi connectivity index (χ1) is 11.0. The molecule has 0 heterocycles. The molecule has 1 aliphatic carbocycles. The number of thioether (sulfide) groups is 1. The fraction of sp³-hybridized carbons (Fsp3) is 0.158. The molecule has 0 N–H and O–H groups in total. The Bertz CT molecular complexity index is 820. The van der Waals surface area contributed by atoms with Crippen LogP contribution in [0.3, 0.4) is 0 Å². The van der Waals surface area contributed by atoms with E-state index in [0.29, 0.717) is 21.7 Å². The summed E-state index contributed by atoms with van der Waals surface area (Å²) >= 11 is 1.35. The minimum absolute atomic E-state index is 0.0884. The summed E-state index contributed by atoms with van der Waals surface area (Å²) in [6.45, 7) is 2.02. The van der Waals surface area contributed by atoms with Crippen molar-refractivity contribution in [3.8, 4) is 0 Å². The average molecular weight is 323 g/mol. The highest BCUT2D eigenvalue weighted by atomic mass is 32.2. The second-order valence-electron chi connectivity index (χ2n) is 5.69. The molecule has 0 radical (unpaired) electrons. The Morgan fingerprint density at radius 3 is 1.96 bits per heavy atom. The van der Waals surface area contributed by atoms with Crippen LogP contribution in [0.4, 0.5) is 0 Å². The number of Topliss-reactive ketones (excluding diaryl/α,β-unsaturated/α-hetero) is 2. The number of hydrogen-bond acceptors (Lipinski definition) is 4. The first-order valence-corrected chi connectivity index (χ1v) is 8.15. The Hall–Kier alpha value is -2.33. The molecule has 4 heteroatoms. The number of fused-ring (bicyclic) bond motifs is 1. The molecule has 0 spiro atoms. The summed E-state index contributed by atoms with van der Waals surface area (Å²) in [4.78, 5) is 28.9. The normalized spacial score (nSPS) is 14.0. The average Bonchev–Trinajstić information content (AvgIpc) is 2.54. The lowest BCUT2D eigenvalue weighted by atomic mass is 9.92. The van der Waals surface area contributed by atoms with Gasteiger partial charge in [0.15, 0.2) is 0 Å². The number of hydrogen-bond donors (Lipinski definition) is 0. The Balaban J connectivity index is 2.10. The smallest absolute Gasteiger partial charge is 0.211 e. The molecule has 0 aliphatic heterocycles. The first-order valence-electron chi connectivity index (χ1n) is 7.33. The van der Waals surface area contributed by atoms with Crippen LogP contribution in [0.15, 0.2) is 64.0 Å². The second-order valence-corrected chi connectivity index (χ2v) is 6.77. The Labute approximate surface area is 140 Å². The third kappa shape index (κ3) is 2.82. The van der Waals surface area contributed by atoms with Gasteiger partial charge in [0.05, 0.1) is 4.91 Å². The van der Waals surface area contributed by atoms with E-state index in [9.17, 15) is 9.59 Å². The van der Waals surface area contributed by atoms with Crippen LogP contribution < -0.4 is 0 Å². The van der Waals surface area contributed by atoms with E-state index in [-0.39, 0.29) is 11.6 Å². The number of carbonyl (C=O) groups is 2. The van der Waals surface area contributed by atoms with E-state index in [1.54, 1.807) is 43.3 Å². The van der Waals surface area contributed by atoms with Crippen LogP contribution in [-0.2, 0) is 0 Å². The van der Waals surface area contributed by atoms with Gasteiger partial charge in [0.2, 0.25) is 11.6 Å². The van der Waals surface area contributed by atoms with Gasteiger partial charge in [-0.05, 0) is 19.1 Å². The van der Waals surface area contributed by atoms with Crippen molar-refractivity contribution < 1.29 is 9.59 Å². The molecule has 0 fully saturated rings. The number of nitrogens with zero attached hydrogens (tertiary/aromatic N) is 1. The van der Waals surface area contributed by atoms with Crippen molar-refractivity contribution in [2.45, 2.75) is 11.8 Å². The van der Waals surface area contributed by atoms with E-state index >= 15 is 0 Å². The van der Waals surface area contributed by atoms with Crippen LogP contribution in [-0.4, -0.2) is 30.6 Å². The van der Waals surface area contributed by atoms with Crippen molar-refractivity contribution in [1.29, 1.82) is 0 Å². The largest absolute Gasteiger partial charge is 0.373 e. The van der Waals surface area contributed by atoms with Crippen LogP contribution >= 0.6 is 11.8 Å². The van der Waals surface area contributed by atoms with Gasteiger partial charge >= 0.3 is 0 Å². The maximum atomic E-state index is 12.9. The van der Waals surface area contributed by atoms with Gasteiger partial charge < -0.3 is 4.90 Å². The van der Waals surface area contributed by atoms with Crippen LogP contribution in [0, 0.1) is 6.92 Å². The third-order valence-corrected chi connectivity index (χ3v) is 4.83. The Morgan fingerprint density at radius 2 is 1.39 bits per heavy atom. The summed E-state index contributed by atoms with van der Waals surface area (Å²) in [5.41, 5.74) is 2.58. The highest BCUT2D eigenvalue weighted by Crippen LogP contribution is 2.37. The molecule has 0 amide bonds. The molecule has 3 rings (SSSR count). The lowest BCUT2D eigenvalue weighted by molar-refractivity contribution is 0.0959. The molecule has 0 atom stereocenters. The van der Waals surface area contributed by atoms with E-state index < -0.39 is 0 Å². The van der Waals surface area contributed by atoms with Gasteiger partial charge in [0.25, 0.3) is 0 Å². The second kappa shape index (κ2) is 6.05. The van der Waals surface area contributed by atoms with Gasteiger partial charge in [-0.25, -0.2) is 0 Å². The first kappa shape index (κ1) is 15.6. The fourth-order valence-electron chi connectivity index (χ4n) is 2.56. The minimum Gasteiger partial charge on any atom is -0.373 e. The molecule has 0 aromatic heterocycles. The van der Waals surface area contributed by atoms with Crippen molar-refractivity contribution in [2.24, 2.45) is 0 Å². The maximum Gasteiger partial charge on any atom is 0.211 e. The Morgan fingerprint density at radius 1 is 0.826 bits per heavy atom. The summed E-state index contributed by atoms with van der Waals surface area (Å²) in [5, 5.41) is 0. The number of carbonyl (C=O) groups excluding carboxylic acids is 2. The van der Waals surface area contributed by atoms with E-state index in [1.807, 2.05) is 31.2 Å². The predicted molar refractivity (Wildman–Crippen MR) is 92.9 cm³/mol. The zero-order valence-electron chi connectivity index (χ0n) is 13.3. The third-order valence-electron chi connectivity index (χ3n) is 3.74. The fourth-order valence-corrected chi connectivity index (χ4v) is 3.65. The number of benzene rings is 2. The summed E-state index contributed by atoms with van der Waals surface area (Å²) in [7, 11) is 3.59. The molecule has 116 valence electrons. The summed E-state index contributed by atoms with van der Waals surface area (Å²) in [6, 6.07) is 15.0. The van der Waals surface area contributed by atoms with Gasteiger partial charge in [0, 0.05) is 30.1 Å². The van der Waals surface area contributed by atoms with Crippen molar-refractivity contribution in [1.82, 2.24) is 4.90 Å². The number of likely N-dealkylation sites (N-methyl/N-ethyl adjacent to an activating group) is 1. The van der Waals surface area contributed by atoms with Crippen molar-refractivity contribution in [3.05, 3.63) is 75.8 Å². The zero-order valence-corrected chi connectivity index (χ0v) is 14.1. The highest BCUT2D eigenvalue weighted by molar-refractivity contribution is 8.04. The van der Waals surface area contributed by atoms with Gasteiger partial charge in [-0.1, -0.05) is 53.7 Å². The molecule has 0 unspecified atom stereocenters. The van der Waals surface area contributed by atoms with Crippen molar-refractivity contribution >= 4 is 23.3 Å². The molecular weight excluding hydrogens is 306 g/mol. The standard InChI is InChI=1S/C19H17NO2S/c1-12-8-10-13(11-9-12)23-19-16(20(2)3)17(21)14-6-4-5-7-15(14)18(19)22/h4-11H,1-3H3. The molecule has 23 heavy (non-hydrogen) atoms. The maximum absolute atomic E-state index is 12.9. The molecule has 1 aliphatic rings. The molecule has 2 aromatic carbocycles. The number of rotatable bonds is 3. The zero-order chi connectivity index (χ0) is 16.6. The monoisotopic (exact) mass is 323 g/mol. The lowest BCUT2D eigenvalue weighted by Crippen LogP contribution is -2.29. The van der Waals surface area contributed by atoms with E-state index in [1.165, 1.54) is 11.8 Å². The van der Waals surface area contributed by atoms with Crippen LogP contribution in [0.2, 0.25) is 0 Å². The predicted octanol–water partition coefficient (Wildman–Crippen LogP) is 3.94. The van der Waals surface area contributed by atoms with Gasteiger partial charge in [-0.3, -0.25) is 9.59 Å². The number of aryl methyl sites for hydroxylation is 1. The highest BCUT2D eigenvalue weighted by Gasteiger charge is 2.33. The van der Waals surface area contributed by atoms with E-state index in [2.05, 4.69) is 0 Å². The van der Waals surface area contributed by atoms with E-state index in [0.717, 1.165) is 10.5 Å². The van der Waals surface area contributed by atoms with Crippen molar-refractivity contribution in [2.75, 3.05) is 14.1 Å². The molecule has 0 bridgehead atoms. The van der Waals surface area contributed by atoms with Crippen LogP contribution in [0.5, 0.6) is 0 Å². The van der Waals surface area contributed by atoms with Gasteiger partial charge in [0.1, 0.15) is 5.70 Å². The van der Waals surface area contributed by atoms with Gasteiger partial charge in [-0.2, -0.15) is 0 Å². The quantitative estimate of drug-likeness (QED) is 0.857. The van der Waals surface area contributed by atoms with Crippen molar-refractivity contribution in [3.63, 3.8) is 0 Å².